The number of carboxylic acid groups (broad SMARTS) is 1. The molecule has 0 bridgehead atoms. The predicted octanol–water partition coefficient (Wildman–Crippen LogP) is 4.12. The fourth-order valence-electron chi connectivity index (χ4n) is 4.11. The summed E-state index contributed by atoms with van der Waals surface area (Å²) in [5, 5.41) is 23.8. The molecule has 42 heavy (non-hydrogen) atoms. The molecule has 0 aliphatic rings. The number of carboxylic acids is 1. The van der Waals surface area contributed by atoms with Crippen molar-refractivity contribution in [3.63, 3.8) is 0 Å². The fourth-order valence-corrected chi connectivity index (χ4v) is 5.07. The van der Waals surface area contributed by atoms with E-state index in [9.17, 15) is 28.9 Å². The van der Waals surface area contributed by atoms with Gasteiger partial charge in [0.25, 0.3) is 0 Å². The molecule has 4 atom stereocenters. The van der Waals surface area contributed by atoms with Crippen LogP contribution in [-0.4, -0.2) is 70.9 Å². The zero-order valence-electron chi connectivity index (χ0n) is 25.1. The molecule has 0 heterocycles. The summed E-state index contributed by atoms with van der Waals surface area (Å²) in [6, 6.07) is 6.00. The summed E-state index contributed by atoms with van der Waals surface area (Å²) in [6.07, 6.45) is 9.12. The summed E-state index contributed by atoms with van der Waals surface area (Å²) >= 11 is 0. The number of hydrogen-bond donors (Lipinski definition) is 5. The number of aliphatic hydroxyl groups is 1. The van der Waals surface area contributed by atoms with Crippen molar-refractivity contribution in [2.75, 3.05) is 19.8 Å². The van der Waals surface area contributed by atoms with Crippen molar-refractivity contribution in [3.8, 4) is 5.75 Å². The van der Waals surface area contributed by atoms with Crippen LogP contribution < -0.4 is 15.4 Å². The van der Waals surface area contributed by atoms with Crippen molar-refractivity contribution in [1.29, 1.82) is 0 Å². The van der Waals surface area contributed by atoms with Gasteiger partial charge in [-0.05, 0) is 37.5 Å². The molecule has 0 aromatic heterocycles. The topological polar surface area (TPSA) is 181 Å². The number of unbranched alkanes of at least 4 members (excludes halogenated alkanes) is 8. The summed E-state index contributed by atoms with van der Waals surface area (Å²) in [6.45, 7) is 4.26. The van der Waals surface area contributed by atoms with Crippen molar-refractivity contribution >= 4 is 25.6 Å². The van der Waals surface area contributed by atoms with E-state index in [0.717, 1.165) is 31.1 Å². The van der Waals surface area contributed by atoms with E-state index in [4.69, 9.17) is 18.9 Å². The van der Waals surface area contributed by atoms with E-state index in [1.807, 2.05) is 24.3 Å². The lowest BCUT2D eigenvalue weighted by Gasteiger charge is -2.23. The van der Waals surface area contributed by atoms with Gasteiger partial charge in [-0.25, -0.2) is 9.36 Å². The molecule has 12 nitrogen and oxygen atoms in total. The van der Waals surface area contributed by atoms with Crippen LogP contribution in [-0.2, 0) is 34.4 Å². The number of amides is 2. The third kappa shape index (κ3) is 18.1. The first-order valence-corrected chi connectivity index (χ1v) is 16.2. The van der Waals surface area contributed by atoms with Crippen molar-refractivity contribution in [3.05, 3.63) is 29.8 Å². The highest BCUT2D eigenvalue weighted by molar-refractivity contribution is 7.47. The molecular formula is C29H49N2O10P. The Morgan fingerprint density at radius 3 is 2.29 bits per heavy atom. The highest BCUT2D eigenvalue weighted by Crippen LogP contribution is 2.45. The number of ether oxygens (including phenoxy) is 1. The molecule has 0 saturated heterocycles. The molecule has 0 saturated carbocycles. The van der Waals surface area contributed by atoms with Crippen LogP contribution in [0, 0.1) is 0 Å². The Balaban J connectivity index is 2.29. The van der Waals surface area contributed by atoms with Crippen molar-refractivity contribution < 1.29 is 47.8 Å². The van der Waals surface area contributed by atoms with E-state index in [-0.39, 0.29) is 18.9 Å². The number of hydrogen-bond acceptors (Lipinski definition) is 8. The van der Waals surface area contributed by atoms with E-state index in [1.165, 1.54) is 51.9 Å². The minimum Gasteiger partial charge on any atom is -0.494 e. The number of rotatable bonds is 24. The van der Waals surface area contributed by atoms with Gasteiger partial charge in [-0.15, -0.1) is 0 Å². The van der Waals surface area contributed by atoms with Crippen LogP contribution in [0.25, 0.3) is 0 Å². The van der Waals surface area contributed by atoms with Gasteiger partial charge >= 0.3 is 13.8 Å². The van der Waals surface area contributed by atoms with Crippen molar-refractivity contribution in [2.45, 2.75) is 110 Å². The number of aliphatic carboxylic acids is 1. The maximum atomic E-state index is 12.2. The summed E-state index contributed by atoms with van der Waals surface area (Å²) < 4.78 is 27.5. The molecule has 2 amide bonds. The van der Waals surface area contributed by atoms with Crippen molar-refractivity contribution in [1.82, 2.24) is 10.6 Å². The van der Waals surface area contributed by atoms with Gasteiger partial charge in [0, 0.05) is 19.9 Å². The Bertz CT molecular complexity index is 993. The highest BCUT2D eigenvalue weighted by atomic mass is 31.2. The predicted molar refractivity (Wildman–Crippen MR) is 158 cm³/mol. The van der Waals surface area contributed by atoms with Gasteiger partial charge in [-0.3, -0.25) is 18.6 Å². The van der Waals surface area contributed by atoms with Crippen molar-refractivity contribution in [2.24, 2.45) is 0 Å². The van der Waals surface area contributed by atoms with Crippen LogP contribution in [0.2, 0.25) is 0 Å². The Hall–Kier alpha value is -2.50. The first-order chi connectivity index (χ1) is 19.9. The SMILES string of the molecule is CCCCCCCCCCCOc1cccc(CCC(=O)NC[C@@H](O)COP(=O)(O)O[C@H](C)[C@H](NC(C)=O)C(=O)O)c1. The minimum absolute atomic E-state index is 0.161. The van der Waals surface area contributed by atoms with Crippen LogP contribution in [0.4, 0.5) is 0 Å². The van der Waals surface area contributed by atoms with E-state index < -0.39 is 44.6 Å². The molecule has 0 fully saturated rings. The highest BCUT2D eigenvalue weighted by Gasteiger charge is 2.34. The summed E-state index contributed by atoms with van der Waals surface area (Å²) in [5.41, 5.74) is 0.935. The summed E-state index contributed by atoms with van der Waals surface area (Å²) in [5.74, 6) is -1.69. The Kier molecular flexibility index (Phi) is 19.0. The number of aliphatic hydroxyl groups excluding tert-OH is 1. The molecule has 0 aliphatic carbocycles. The molecule has 0 radical (unpaired) electrons. The number of carbonyl (C=O) groups is 3. The molecule has 0 aliphatic heterocycles. The number of benzene rings is 1. The van der Waals surface area contributed by atoms with Crippen LogP contribution >= 0.6 is 7.82 Å². The molecule has 1 unspecified atom stereocenters. The van der Waals surface area contributed by atoms with Gasteiger partial charge in [0.05, 0.1) is 25.4 Å². The monoisotopic (exact) mass is 616 g/mol. The smallest absolute Gasteiger partial charge is 0.472 e. The number of phosphoric ester groups is 1. The lowest BCUT2D eigenvalue weighted by atomic mass is 10.1. The first kappa shape index (κ1) is 37.5. The van der Waals surface area contributed by atoms with Gasteiger partial charge in [-0.1, -0.05) is 70.4 Å². The average Bonchev–Trinajstić information content (AvgIpc) is 2.93. The standard InChI is InChI=1S/C29H49N2O10P/c1-4-5-6-7-8-9-10-11-12-18-39-26-15-13-14-24(19-26)16-17-27(34)30-20-25(33)21-40-42(37,38)41-22(2)28(29(35)36)31-23(3)32/h13-15,19,22,25,28,33H,4-12,16-18,20-21H2,1-3H3,(H,30,34)(H,31,32)(H,35,36)(H,37,38)/t22-,25-,28+/m1/s1. The van der Waals surface area contributed by atoms with E-state index >= 15 is 0 Å². The number of carbonyl (C=O) groups excluding carboxylic acids is 2. The maximum absolute atomic E-state index is 12.2. The molecule has 1 aromatic carbocycles. The largest absolute Gasteiger partial charge is 0.494 e. The lowest BCUT2D eigenvalue weighted by Crippen LogP contribution is -2.47. The van der Waals surface area contributed by atoms with Gasteiger partial charge in [0.2, 0.25) is 11.8 Å². The molecule has 0 spiro atoms. The van der Waals surface area contributed by atoms with Gasteiger partial charge in [0.1, 0.15) is 5.75 Å². The summed E-state index contributed by atoms with van der Waals surface area (Å²) in [4.78, 5) is 44.5. The van der Waals surface area contributed by atoms with Gasteiger partial charge in [-0.2, -0.15) is 0 Å². The molecule has 1 rings (SSSR count). The van der Waals surface area contributed by atoms with Gasteiger partial charge in [0.15, 0.2) is 6.04 Å². The number of nitrogens with one attached hydrogen (secondary N) is 2. The van der Waals surface area contributed by atoms with Crippen LogP contribution in [0.15, 0.2) is 24.3 Å². The lowest BCUT2D eigenvalue weighted by molar-refractivity contribution is -0.144. The normalized spacial score (nSPS) is 14.8. The Labute approximate surface area is 249 Å². The second-order valence-electron chi connectivity index (χ2n) is 10.4. The molecular weight excluding hydrogens is 567 g/mol. The summed E-state index contributed by atoms with van der Waals surface area (Å²) in [7, 11) is -4.76. The van der Waals surface area contributed by atoms with Crippen LogP contribution in [0.3, 0.4) is 0 Å². The number of phosphoric acid groups is 1. The first-order valence-electron chi connectivity index (χ1n) is 14.8. The number of aryl methyl sites for hydroxylation is 1. The van der Waals surface area contributed by atoms with E-state index in [1.54, 1.807) is 0 Å². The minimum atomic E-state index is -4.76. The van der Waals surface area contributed by atoms with E-state index in [0.29, 0.717) is 13.0 Å². The average molecular weight is 617 g/mol. The zero-order valence-corrected chi connectivity index (χ0v) is 26.0. The van der Waals surface area contributed by atoms with Crippen LogP contribution in [0.1, 0.15) is 90.5 Å². The Morgan fingerprint density at radius 2 is 1.67 bits per heavy atom. The molecule has 5 N–H and O–H groups in total. The zero-order chi connectivity index (χ0) is 31.4. The fraction of sp³-hybridized carbons (Fsp3) is 0.690. The molecule has 240 valence electrons. The second-order valence-corrected chi connectivity index (χ2v) is 11.8. The third-order valence-corrected chi connectivity index (χ3v) is 7.49. The third-order valence-electron chi connectivity index (χ3n) is 6.41. The molecule has 13 heteroatoms. The maximum Gasteiger partial charge on any atom is 0.472 e. The Morgan fingerprint density at radius 1 is 1.02 bits per heavy atom. The quantitative estimate of drug-likeness (QED) is 0.0837. The second kappa shape index (κ2) is 21.2. The molecule has 1 aromatic rings. The van der Waals surface area contributed by atoms with Crippen LogP contribution in [0.5, 0.6) is 5.75 Å². The van der Waals surface area contributed by atoms with E-state index in [2.05, 4.69) is 17.6 Å². The van der Waals surface area contributed by atoms with Gasteiger partial charge < -0.3 is 30.5 Å².